The molecule has 2 fully saturated rings. The van der Waals surface area contributed by atoms with Crippen molar-refractivity contribution < 1.29 is 14.3 Å². The maximum absolute atomic E-state index is 12.4. The highest BCUT2D eigenvalue weighted by atomic mass is 16.6. The Morgan fingerprint density at radius 2 is 1.64 bits per heavy atom. The Kier molecular flexibility index (Phi) is 7.13. The molecule has 3 aliphatic rings. The number of piperidine rings is 1. The van der Waals surface area contributed by atoms with E-state index in [1.54, 1.807) is 0 Å². The van der Waals surface area contributed by atoms with Gasteiger partial charge in [0.15, 0.2) is 0 Å². The zero-order valence-electron chi connectivity index (χ0n) is 21.6. The lowest BCUT2D eigenvalue weighted by molar-refractivity contribution is 0.0194. The van der Waals surface area contributed by atoms with Crippen molar-refractivity contribution in [3.05, 3.63) is 22.3 Å². The van der Waals surface area contributed by atoms with Crippen LogP contribution in [0.25, 0.3) is 0 Å². The minimum absolute atomic E-state index is 0.165. The van der Waals surface area contributed by atoms with Crippen LogP contribution < -0.4 is 9.64 Å². The SMILES string of the molecule is CCCCOC(=O)N1CCN(c2c(C)c(C)c3c(c2C)C(N2CCCCC2)C(C)(C)O3)CC1. The summed E-state index contributed by atoms with van der Waals surface area (Å²) >= 11 is 0. The van der Waals surface area contributed by atoms with E-state index in [-0.39, 0.29) is 11.7 Å². The highest BCUT2D eigenvalue weighted by Crippen LogP contribution is 2.53. The molecule has 0 radical (unpaired) electrons. The third-order valence-corrected chi connectivity index (χ3v) is 7.89. The molecule has 0 bridgehead atoms. The number of benzene rings is 1. The molecule has 3 heterocycles. The number of fused-ring (bicyclic) bond motifs is 1. The van der Waals surface area contributed by atoms with Crippen LogP contribution in [0.15, 0.2) is 0 Å². The molecule has 0 spiro atoms. The first-order valence-electron chi connectivity index (χ1n) is 13.0. The molecule has 1 atom stereocenters. The molecule has 0 aromatic heterocycles. The Bertz CT molecular complexity index is 868. The first-order valence-corrected chi connectivity index (χ1v) is 13.0. The first-order chi connectivity index (χ1) is 15.8. The Morgan fingerprint density at radius 3 is 2.27 bits per heavy atom. The fourth-order valence-electron chi connectivity index (χ4n) is 6.04. The van der Waals surface area contributed by atoms with E-state index in [1.165, 1.54) is 47.2 Å². The quantitative estimate of drug-likeness (QED) is 0.556. The van der Waals surface area contributed by atoms with Gasteiger partial charge in [-0.25, -0.2) is 4.79 Å². The van der Waals surface area contributed by atoms with E-state index in [9.17, 15) is 4.79 Å². The number of carbonyl (C=O) groups is 1. The summed E-state index contributed by atoms with van der Waals surface area (Å²) in [4.78, 5) is 19.4. The number of nitrogens with zero attached hydrogens (tertiary/aromatic N) is 3. The molecular weight excluding hydrogens is 414 g/mol. The average molecular weight is 458 g/mol. The third-order valence-electron chi connectivity index (χ3n) is 7.89. The van der Waals surface area contributed by atoms with Crippen LogP contribution in [0.4, 0.5) is 10.5 Å². The van der Waals surface area contributed by atoms with Gasteiger partial charge < -0.3 is 19.3 Å². The Morgan fingerprint density at radius 1 is 0.970 bits per heavy atom. The number of unbranched alkanes of at least 4 members (excludes halogenated alkanes) is 1. The lowest BCUT2D eigenvalue weighted by Crippen LogP contribution is -2.49. The maximum atomic E-state index is 12.4. The molecule has 33 heavy (non-hydrogen) atoms. The molecule has 0 aliphatic carbocycles. The lowest BCUT2D eigenvalue weighted by Gasteiger charge is -2.40. The van der Waals surface area contributed by atoms with E-state index in [2.05, 4.69) is 51.3 Å². The zero-order valence-corrected chi connectivity index (χ0v) is 21.6. The van der Waals surface area contributed by atoms with Crippen LogP contribution >= 0.6 is 0 Å². The summed E-state index contributed by atoms with van der Waals surface area (Å²) in [6, 6.07) is 0.292. The minimum atomic E-state index is -0.235. The molecule has 0 saturated carbocycles. The van der Waals surface area contributed by atoms with E-state index in [0.29, 0.717) is 25.7 Å². The second kappa shape index (κ2) is 9.73. The zero-order chi connectivity index (χ0) is 23.8. The number of anilines is 1. The summed E-state index contributed by atoms with van der Waals surface area (Å²) in [5.41, 5.74) is 6.42. The van der Waals surface area contributed by atoms with Gasteiger partial charge in [-0.3, -0.25) is 4.90 Å². The molecular formula is C27H43N3O3. The molecule has 6 heteroatoms. The Labute approximate surface area is 200 Å². The largest absolute Gasteiger partial charge is 0.485 e. The number of hydrogen-bond acceptors (Lipinski definition) is 5. The molecule has 184 valence electrons. The van der Waals surface area contributed by atoms with Crippen LogP contribution in [0.5, 0.6) is 5.75 Å². The third kappa shape index (κ3) is 4.55. The van der Waals surface area contributed by atoms with Crippen molar-refractivity contribution in [3.63, 3.8) is 0 Å². The molecule has 0 N–H and O–H groups in total. The standard InChI is InChI=1S/C27H43N3O3/c1-7-8-18-32-26(31)30-16-14-28(15-17-30)23-19(2)20(3)24-22(21(23)4)25(27(5,6)33-24)29-12-10-9-11-13-29/h25H,7-18H2,1-6H3. The smallest absolute Gasteiger partial charge is 0.409 e. The van der Waals surface area contributed by atoms with E-state index in [4.69, 9.17) is 9.47 Å². The van der Waals surface area contributed by atoms with Gasteiger partial charge in [0.05, 0.1) is 12.6 Å². The molecule has 4 rings (SSSR count). The van der Waals surface area contributed by atoms with E-state index >= 15 is 0 Å². The first kappa shape index (κ1) is 24.2. The summed E-state index contributed by atoms with van der Waals surface area (Å²) in [6.07, 6.45) is 5.68. The van der Waals surface area contributed by atoms with Crippen LogP contribution in [-0.2, 0) is 4.74 Å². The molecule has 2 saturated heterocycles. The van der Waals surface area contributed by atoms with Crippen molar-refractivity contribution in [3.8, 4) is 5.75 Å². The molecule has 1 aromatic carbocycles. The number of carbonyl (C=O) groups excluding carboxylic acids is 1. The summed E-state index contributed by atoms with van der Waals surface area (Å²) < 4.78 is 12.1. The molecule has 3 aliphatic heterocycles. The molecule has 1 aromatic rings. The fraction of sp³-hybridized carbons (Fsp3) is 0.741. The number of hydrogen-bond donors (Lipinski definition) is 0. The monoisotopic (exact) mass is 457 g/mol. The van der Waals surface area contributed by atoms with Gasteiger partial charge in [0.25, 0.3) is 0 Å². The van der Waals surface area contributed by atoms with E-state index < -0.39 is 0 Å². The van der Waals surface area contributed by atoms with Gasteiger partial charge in [-0.05, 0) is 83.7 Å². The molecule has 1 amide bonds. The number of amides is 1. The summed E-state index contributed by atoms with van der Waals surface area (Å²) in [7, 11) is 0. The lowest BCUT2D eigenvalue weighted by atomic mass is 9.86. The van der Waals surface area contributed by atoms with Gasteiger partial charge in [0.1, 0.15) is 11.4 Å². The normalized spacial score (nSPS) is 22.8. The van der Waals surface area contributed by atoms with Crippen molar-refractivity contribution in [2.75, 3.05) is 50.8 Å². The number of likely N-dealkylation sites (tertiary alicyclic amines) is 1. The van der Waals surface area contributed by atoms with Crippen molar-refractivity contribution in [1.82, 2.24) is 9.80 Å². The van der Waals surface area contributed by atoms with Gasteiger partial charge in [-0.15, -0.1) is 0 Å². The van der Waals surface area contributed by atoms with Crippen LogP contribution in [-0.4, -0.2) is 67.4 Å². The van der Waals surface area contributed by atoms with Gasteiger partial charge >= 0.3 is 6.09 Å². The van der Waals surface area contributed by atoms with Crippen LogP contribution in [0.1, 0.15) is 81.2 Å². The van der Waals surface area contributed by atoms with Gasteiger partial charge in [0.2, 0.25) is 0 Å². The van der Waals surface area contributed by atoms with Gasteiger partial charge in [0, 0.05) is 37.4 Å². The fourth-order valence-corrected chi connectivity index (χ4v) is 6.04. The Balaban J connectivity index is 1.59. The van der Waals surface area contributed by atoms with Crippen molar-refractivity contribution in [2.45, 2.75) is 85.3 Å². The maximum Gasteiger partial charge on any atom is 0.409 e. The highest BCUT2D eigenvalue weighted by Gasteiger charge is 2.47. The summed E-state index contributed by atoms with van der Waals surface area (Å²) in [6.45, 7) is 19.2. The van der Waals surface area contributed by atoms with Crippen LogP contribution in [0.3, 0.4) is 0 Å². The number of piperazine rings is 1. The predicted molar refractivity (Wildman–Crippen MR) is 134 cm³/mol. The summed E-state index contributed by atoms with van der Waals surface area (Å²) in [5, 5.41) is 0. The van der Waals surface area contributed by atoms with E-state index in [0.717, 1.165) is 44.8 Å². The average Bonchev–Trinajstić information content (AvgIpc) is 3.10. The second-order valence-corrected chi connectivity index (χ2v) is 10.6. The van der Waals surface area contributed by atoms with Gasteiger partial charge in [-0.1, -0.05) is 19.8 Å². The second-order valence-electron chi connectivity index (χ2n) is 10.6. The van der Waals surface area contributed by atoms with Crippen LogP contribution in [0.2, 0.25) is 0 Å². The van der Waals surface area contributed by atoms with Crippen LogP contribution in [0, 0.1) is 20.8 Å². The van der Waals surface area contributed by atoms with Crippen molar-refractivity contribution in [2.24, 2.45) is 0 Å². The number of rotatable bonds is 5. The van der Waals surface area contributed by atoms with Gasteiger partial charge in [-0.2, -0.15) is 0 Å². The minimum Gasteiger partial charge on any atom is -0.485 e. The molecule has 1 unspecified atom stereocenters. The molecule has 6 nitrogen and oxygen atoms in total. The number of ether oxygens (including phenoxy) is 2. The van der Waals surface area contributed by atoms with E-state index in [1.807, 2.05) is 4.90 Å². The van der Waals surface area contributed by atoms with Crippen molar-refractivity contribution in [1.29, 1.82) is 0 Å². The van der Waals surface area contributed by atoms with Crippen molar-refractivity contribution >= 4 is 11.8 Å². The highest BCUT2D eigenvalue weighted by molar-refractivity contribution is 5.72. The predicted octanol–water partition coefficient (Wildman–Crippen LogP) is 5.37. The topological polar surface area (TPSA) is 45.2 Å². The Hall–Kier alpha value is -1.95. The summed E-state index contributed by atoms with van der Waals surface area (Å²) in [5.74, 6) is 1.10.